The highest BCUT2D eigenvalue weighted by Crippen LogP contribution is 2.23. The topological polar surface area (TPSA) is 18.1 Å². The van der Waals surface area contributed by atoms with E-state index in [2.05, 4.69) is 56.3 Å². The zero-order chi connectivity index (χ0) is 16.9. The Kier molecular flexibility index (Phi) is 5.54. The van der Waals surface area contributed by atoms with Crippen molar-refractivity contribution in [2.24, 2.45) is 0 Å². The van der Waals surface area contributed by atoms with E-state index in [-0.39, 0.29) is 0 Å². The average Bonchev–Trinajstić information content (AvgIpc) is 2.62. The SMILES string of the molecule is COc1ccc(C[NH+]2CC[NH+](Cc3ccccc3)CC2)c(C)c1C. The molecule has 3 rings (SSSR count). The van der Waals surface area contributed by atoms with Gasteiger partial charge in [0.05, 0.1) is 7.11 Å². The molecule has 0 saturated carbocycles. The molecular formula is C21H30N2O+2. The molecule has 2 aromatic carbocycles. The largest absolute Gasteiger partial charge is 0.496 e. The highest BCUT2D eigenvalue weighted by molar-refractivity contribution is 5.43. The maximum atomic E-state index is 5.43. The van der Waals surface area contributed by atoms with E-state index in [4.69, 9.17) is 4.74 Å². The van der Waals surface area contributed by atoms with E-state index in [1.807, 2.05) is 0 Å². The summed E-state index contributed by atoms with van der Waals surface area (Å²) in [4.78, 5) is 3.42. The van der Waals surface area contributed by atoms with Gasteiger partial charge in [0.2, 0.25) is 0 Å². The van der Waals surface area contributed by atoms with Gasteiger partial charge in [-0.3, -0.25) is 0 Å². The van der Waals surface area contributed by atoms with Gasteiger partial charge in [-0.15, -0.1) is 0 Å². The van der Waals surface area contributed by atoms with Crippen molar-refractivity contribution in [3.8, 4) is 5.75 Å². The molecule has 3 nitrogen and oxygen atoms in total. The molecule has 1 saturated heterocycles. The lowest BCUT2D eigenvalue weighted by atomic mass is 10.0. The Morgan fingerprint density at radius 2 is 1.42 bits per heavy atom. The normalized spacial score (nSPS) is 20.8. The van der Waals surface area contributed by atoms with Crippen molar-refractivity contribution in [3.63, 3.8) is 0 Å². The van der Waals surface area contributed by atoms with Crippen molar-refractivity contribution in [2.75, 3.05) is 33.3 Å². The van der Waals surface area contributed by atoms with Crippen molar-refractivity contribution < 1.29 is 14.5 Å². The molecule has 0 atom stereocenters. The predicted octanol–water partition coefficient (Wildman–Crippen LogP) is 0.796. The van der Waals surface area contributed by atoms with E-state index in [0.29, 0.717) is 0 Å². The van der Waals surface area contributed by atoms with Gasteiger partial charge in [0.25, 0.3) is 0 Å². The molecular weight excluding hydrogens is 296 g/mol. The second-order valence-corrected chi connectivity index (χ2v) is 7.02. The molecule has 1 aliphatic rings. The highest BCUT2D eigenvalue weighted by Gasteiger charge is 2.23. The van der Waals surface area contributed by atoms with Gasteiger partial charge in [-0.05, 0) is 37.1 Å². The Bertz CT molecular complexity index is 661. The summed E-state index contributed by atoms with van der Waals surface area (Å²) in [6.45, 7) is 11.7. The van der Waals surface area contributed by atoms with Crippen LogP contribution in [0, 0.1) is 13.8 Å². The van der Waals surface area contributed by atoms with Crippen LogP contribution in [0.25, 0.3) is 0 Å². The number of nitrogens with one attached hydrogen (secondary N) is 2. The molecule has 1 aliphatic heterocycles. The lowest BCUT2D eigenvalue weighted by Gasteiger charge is -2.30. The van der Waals surface area contributed by atoms with Crippen LogP contribution in [0.4, 0.5) is 0 Å². The summed E-state index contributed by atoms with van der Waals surface area (Å²) in [6.07, 6.45) is 0. The third-order valence-electron chi connectivity index (χ3n) is 5.47. The molecule has 128 valence electrons. The number of hydrogen-bond acceptors (Lipinski definition) is 1. The molecule has 0 bridgehead atoms. The first kappa shape index (κ1) is 17.0. The van der Waals surface area contributed by atoms with Crippen LogP contribution in [0.15, 0.2) is 42.5 Å². The van der Waals surface area contributed by atoms with Gasteiger partial charge >= 0.3 is 0 Å². The van der Waals surface area contributed by atoms with Crippen LogP contribution in [0.1, 0.15) is 22.3 Å². The minimum Gasteiger partial charge on any atom is -0.496 e. The average molecular weight is 326 g/mol. The first-order valence-electron chi connectivity index (χ1n) is 9.01. The number of benzene rings is 2. The molecule has 1 fully saturated rings. The van der Waals surface area contributed by atoms with Crippen molar-refractivity contribution in [1.29, 1.82) is 0 Å². The third-order valence-corrected chi connectivity index (χ3v) is 5.47. The number of hydrogen-bond donors (Lipinski definition) is 2. The summed E-state index contributed by atoms with van der Waals surface area (Å²) < 4.78 is 5.43. The molecule has 0 amide bonds. The van der Waals surface area contributed by atoms with Crippen molar-refractivity contribution >= 4 is 0 Å². The van der Waals surface area contributed by atoms with Gasteiger partial charge in [-0.25, -0.2) is 0 Å². The fourth-order valence-electron chi connectivity index (χ4n) is 3.73. The van der Waals surface area contributed by atoms with Crippen LogP contribution < -0.4 is 14.5 Å². The van der Waals surface area contributed by atoms with Gasteiger partial charge in [0.1, 0.15) is 45.0 Å². The predicted molar refractivity (Wildman–Crippen MR) is 97.7 cm³/mol. The molecule has 0 unspecified atom stereocenters. The monoisotopic (exact) mass is 326 g/mol. The summed E-state index contributed by atoms with van der Waals surface area (Å²) in [5.41, 5.74) is 5.59. The van der Waals surface area contributed by atoms with Crippen LogP contribution in [-0.4, -0.2) is 33.3 Å². The van der Waals surface area contributed by atoms with E-state index in [0.717, 1.165) is 18.8 Å². The summed E-state index contributed by atoms with van der Waals surface area (Å²) in [7, 11) is 1.75. The second kappa shape index (κ2) is 7.82. The van der Waals surface area contributed by atoms with E-state index >= 15 is 0 Å². The molecule has 2 N–H and O–H groups in total. The van der Waals surface area contributed by atoms with Crippen LogP contribution >= 0.6 is 0 Å². The standard InChI is InChI=1S/C21H28N2O/c1-17-18(2)21(24-3)10-9-20(17)16-23-13-11-22(12-14-23)15-19-7-5-4-6-8-19/h4-10H,11-16H2,1-3H3/p+2. The lowest BCUT2D eigenvalue weighted by molar-refractivity contribution is -1.02. The van der Waals surface area contributed by atoms with E-state index in [1.165, 1.54) is 48.4 Å². The van der Waals surface area contributed by atoms with Crippen molar-refractivity contribution in [2.45, 2.75) is 26.9 Å². The number of piperazine rings is 1. The summed E-state index contributed by atoms with van der Waals surface area (Å²) in [5, 5.41) is 0. The number of rotatable bonds is 5. The highest BCUT2D eigenvalue weighted by atomic mass is 16.5. The Morgan fingerprint density at radius 3 is 2.04 bits per heavy atom. The van der Waals surface area contributed by atoms with E-state index < -0.39 is 0 Å². The summed E-state index contributed by atoms with van der Waals surface area (Å²) in [6, 6.07) is 15.2. The molecule has 3 heteroatoms. The molecule has 1 heterocycles. The summed E-state index contributed by atoms with van der Waals surface area (Å²) in [5.74, 6) is 1.00. The third kappa shape index (κ3) is 3.97. The first-order chi connectivity index (χ1) is 11.7. The van der Waals surface area contributed by atoms with E-state index in [9.17, 15) is 0 Å². The lowest BCUT2D eigenvalue weighted by Crippen LogP contribution is -3.27. The Balaban J connectivity index is 1.55. The number of ether oxygens (including phenoxy) is 1. The zero-order valence-electron chi connectivity index (χ0n) is 15.2. The van der Waals surface area contributed by atoms with Crippen LogP contribution in [0.3, 0.4) is 0 Å². The van der Waals surface area contributed by atoms with E-state index in [1.54, 1.807) is 16.9 Å². The minimum absolute atomic E-state index is 1.00. The van der Waals surface area contributed by atoms with Gasteiger partial charge in [0, 0.05) is 11.1 Å². The van der Waals surface area contributed by atoms with Crippen LogP contribution in [-0.2, 0) is 13.1 Å². The van der Waals surface area contributed by atoms with Gasteiger partial charge in [-0.2, -0.15) is 0 Å². The Labute approximate surface area is 145 Å². The quantitative estimate of drug-likeness (QED) is 0.832. The number of methoxy groups -OCH3 is 1. The molecule has 0 aliphatic carbocycles. The molecule has 2 aromatic rings. The van der Waals surface area contributed by atoms with Crippen LogP contribution in [0.5, 0.6) is 5.75 Å². The van der Waals surface area contributed by atoms with Crippen LogP contribution in [0.2, 0.25) is 0 Å². The maximum absolute atomic E-state index is 5.43. The number of quaternary nitrogens is 2. The van der Waals surface area contributed by atoms with Crippen molar-refractivity contribution in [1.82, 2.24) is 0 Å². The summed E-state index contributed by atoms with van der Waals surface area (Å²) >= 11 is 0. The van der Waals surface area contributed by atoms with Crippen molar-refractivity contribution in [3.05, 3.63) is 64.7 Å². The first-order valence-corrected chi connectivity index (χ1v) is 9.01. The fraction of sp³-hybridized carbons (Fsp3) is 0.429. The minimum atomic E-state index is 1.00. The fourth-order valence-corrected chi connectivity index (χ4v) is 3.73. The molecule has 24 heavy (non-hydrogen) atoms. The maximum Gasteiger partial charge on any atom is 0.127 e. The molecule has 0 radical (unpaired) electrons. The Morgan fingerprint density at radius 1 is 0.792 bits per heavy atom. The Hall–Kier alpha value is -1.84. The molecule has 0 aromatic heterocycles. The van der Waals surface area contributed by atoms with Gasteiger partial charge in [-0.1, -0.05) is 30.3 Å². The second-order valence-electron chi connectivity index (χ2n) is 7.02. The van der Waals surface area contributed by atoms with Gasteiger partial charge < -0.3 is 14.5 Å². The van der Waals surface area contributed by atoms with Gasteiger partial charge in [0.15, 0.2) is 0 Å². The molecule has 0 spiro atoms. The zero-order valence-corrected chi connectivity index (χ0v) is 15.2. The smallest absolute Gasteiger partial charge is 0.127 e.